The molecule has 2 bridgehead atoms. The second-order valence-corrected chi connectivity index (χ2v) is 10.3. The van der Waals surface area contributed by atoms with E-state index >= 15 is 0 Å². The number of amides is 1. The minimum Gasteiger partial charge on any atom is -0.484 e. The predicted molar refractivity (Wildman–Crippen MR) is 119 cm³/mol. The summed E-state index contributed by atoms with van der Waals surface area (Å²) >= 11 is 11.4. The Balaban J connectivity index is 1.11. The third-order valence-electron chi connectivity index (χ3n) is 6.83. The molecule has 2 N–H and O–H groups in total. The minimum absolute atomic E-state index is 0.0273. The Kier molecular flexibility index (Phi) is 5.73. The zero-order valence-electron chi connectivity index (χ0n) is 17.9. The van der Waals surface area contributed by atoms with Crippen LogP contribution in [0.2, 0.25) is 10.0 Å². The zero-order chi connectivity index (χ0) is 24.3. The summed E-state index contributed by atoms with van der Waals surface area (Å²) in [6, 6.07) is 6.36. The standard InChI is InChI=1S/C24H21Cl2F2NO5/c25-14-2-1-12(3-16(14)27)33-8-22(32)29-24-9-23(10-24,11-24)7-19(31)21-6-18(30)13-4-17(28)15(26)5-20(13)34-21/h1-5,18,21,30H,6-11H2,(H,29,32). The van der Waals surface area contributed by atoms with E-state index in [-0.39, 0.29) is 69.2 Å². The average Bonchev–Trinajstić information content (AvgIpc) is 2.73. The van der Waals surface area contributed by atoms with Crippen LogP contribution in [0.25, 0.3) is 0 Å². The van der Waals surface area contributed by atoms with Gasteiger partial charge >= 0.3 is 0 Å². The summed E-state index contributed by atoms with van der Waals surface area (Å²) in [6.07, 6.45) is 0.455. The number of benzene rings is 2. The molecule has 180 valence electrons. The lowest BCUT2D eigenvalue weighted by molar-refractivity contribution is -0.175. The molecule has 1 heterocycles. The first-order valence-corrected chi connectivity index (χ1v) is 11.6. The van der Waals surface area contributed by atoms with Crippen molar-refractivity contribution in [1.82, 2.24) is 5.32 Å². The number of Topliss-reactive ketones (excluding diaryl/α,β-unsaturated/α-hetero) is 1. The van der Waals surface area contributed by atoms with Crippen LogP contribution < -0.4 is 14.8 Å². The highest BCUT2D eigenvalue weighted by Crippen LogP contribution is 2.69. The van der Waals surface area contributed by atoms with Crippen LogP contribution in [0.15, 0.2) is 30.3 Å². The van der Waals surface area contributed by atoms with Gasteiger partial charge in [-0.1, -0.05) is 23.2 Å². The largest absolute Gasteiger partial charge is 0.484 e. The van der Waals surface area contributed by atoms with E-state index < -0.39 is 23.8 Å². The fourth-order valence-electron chi connectivity index (χ4n) is 5.48. The number of hydrogen-bond donors (Lipinski definition) is 2. The molecule has 0 saturated heterocycles. The molecule has 10 heteroatoms. The lowest BCUT2D eigenvalue weighted by Crippen LogP contribution is -2.75. The quantitative estimate of drug-likeness (QED) is 0.570. The summed E-state index contributed by atoms with van der Waals surface area (Å²) in [4.78, 5) is 25.2. The number of aliphatic hydroxyl groups excluding tert-OH is 1. The van der Waals surface area contributed by atoms with E-state index in [1.54, 1.807) is 0 Å². The summed E-state index contributed by atoms with van der Waals surface area (Å²) in [5.74, 6) is -1.33. The van der Waals surface area contributed by atoms with Gasteiger partial charge < -0.3 is 19.9 Å². The number of ether oxygens (including phenoxy) is 2. The summed E-state index contributed by atoms with van der Waals surface area (Å²) < 4.78 is 38.2. The third-order valence-corrected chi connectivity index (χ3v) is 7.43. The average molecular weight is 512 g/mol. The first kappa shape index (κ1) is 23.3. The number of halogens is 4. The molecular weight excluding hydrogens is 491 g/mol. The van der Waals surface area contributed by atoms with Crippen LogP contribution in [0, 0.1) is 17.0 Å². The molecule has 2 atom stereocenters. The van der Waals surface area contributed by atoms with Gasteiger partial charge in [0.1, 0.15) is 23.1 Å². The van der Waals surface area contributed by atoms with Crippen molar-refractivity contribution < 1.29 is 33.0 Å². The lowest BCUT2D eigenvalue weighted by Gasteiger charge is -2.70. The Hall–Kier alpha value is -2.42. The summed E-state index contributed by atoms with van der Waals surface area (Å²) in [5, 5.41) is 13.1. The smallest absolute Gasteiger partial charge is 0.258 e. The van der Waals surface area contributed by atoms with Crippen molar-refractivity contribution in [3.05, 3.63) is 57.6 Å². The molecule has 1 amide bonds. The van der Waals surface area contributed by atoms with Crippen LogP contribution >= 0.6 is 23.2 Å². The van der Waals surface area contributed by atoms with Crippen LogP contribution in [0.3, 0.4) is 0 Å². The minimum atomic E-state index is -1.02. The molecule has 0 aromatic heterocycles. The highest BCUT2D eigenvalue weighted by molar-refractivity contribution is 6.31. The first-order valence-electron chi connectivity index (χ1n) is 10.8. The maximum atomic E-state index is 13.7. The molecule has 4 aliphatic rings. The van der Waals surface area contributed by atoms with Gasteiger partial charge in [-0.3, -0.25) is 9.59 Å². The number of rotatable bonds is 7. The molecule has 0 radical (unpaired) electrons. The number of ketones is 1. The Labute approximate surface area is 204 Å². The van der Waals surface area contributed by atoms with Gasteiger partial charge in [0.15, 0.2) is 18.5 Å². The molecule has 3 saturated carbocycles. The van der Waals surface area contributed by atoms with Crippen LogP contribution in [0.1, 0.15) is 43.8 Å². The summed E-state index contributed by atoms with van der Waals surface area (Å²) in [6.45, 7) is -0.259. The van der Waals surface area contributed by atoms with Gasteiger partial charge in [0.2, 0.25) is 0 Å². The molecule has 34 heavy (non-hydrogen) atoms. The highest BCUT2D eigenvalue weighted by Gasteiger charge is 2.68. The Morgan fingerprint density at radius 3 is 2.53 bits per heavy atom. The van der Waals surface area contributed by atoms with E-state index in [2.05, 4.69) is 5.32 Å². The van der Waals surface area contributed by atoms with Gasteiger partial charge in [-0.25, -0.2) is 8.78 Å². The highest BCUT2D eigenvalue weighted by atomic mass is 35.5. The number of fused-ring (bicyclic) bond motifs is 1. The van der Waals surface area contributed by atoms with Gasteiger partial charge in [0, 0.05) is 36.1 Å². The number of aliphatic hydroxyl groups is 1. The third kappa shape index (κ3) is 4.23. The second-order valence-electron chi connectivity index (χ2n) is 9.53. The van der Waals surface area contributed by atoms with E-state index in [1.807, 2.05) is 0 Å². The van der Waals surface area contributed by atoms with Gasteiger partial charge in [0.05, 0.1) is 16.1 Å². The van der Waals surface area contributed by atoms with Crippen LogP contribution in [-0.2, 0) is 9.59 Å². The van der Waals surface area contributed by atoms with E-state index in [0.717, 1.165) is 12.1 Å². The Bertz CT molecular complexity index is 1170. The Morgan fingerprint density at radius 1 is 1.12 bits per heavy atom. The SMILES string of the molecule is O=C(COc1ccc(Cl)c(F)c1)NC12CC(CC(=O)C3CC(O)c4cc(F)c(Cl)cc4O3)(C1)C2. The molecule has 2 unspecified atom stereocenters. The summed E-state index contributed by atoms with van der Waals surface area (Å²) in [5.41, 5.74) is -0.266. The molecule has 3 aliphatic carbocycles. The van der Waals surface area contributed by atoms with Gasteiger partial charge in [-0.15, -0.1) is 0 Å². The van der Waals surface area contributed by atoms with E-state index in [4.69, 9.17) is 32.7 Å². The molecule has 0 spiro atoms. The fraction of sp³-hybridized carbons (Fsp3) is 0.417. The van der Waals surface area contributed by atoms with Crippen molar-refractivity contribution in [3.63, 3.8) is 0 Å². The summed E-state index contributed by atoms with van der Waals surface area (Å²) in [7, 11) is 0. The van der Waals surface area contributed by atoms with Crippen molar-refractivity contribution in [2.45, 2.75) is 49.9 Å². The van der Waals surface area contributed by atoms with E-state index in [9.17, 15) is 23.5 Å². The molecule has 2 aromatic rings. The fourth-order valence-corrected chi connectivity index (χ4v) is 5.75. The van der Waals surface area contributed by atoms with Crippen LogP contribution in [0.4, 0.5) is 8.78 Å². The zero-order valence-corrected chi connectivity index (χ0v) is 19.4. The maximum Gasteiger partial charge on any atom is 0.258 e. The molecule has 3 fully saturated rings. The van der Waals surface area contributed by atoms with E-state index in [1.165, 1.54) is 18.2 Å². The predicted octanol–water partition coefficient (Wildman–Crippen LogP) is 4.53. The second kappa shape index (κ2) is 8.36. The van der Waals surface area contributed by atoms with Crippen LogP contribution in [-0.4, -0.2) is 35.0 Å². The van der Waals surface area contributed by atoms with Crippen molar-refractivity contribution in [2.75, 3.05) is 6.61 Å². The molecule has 6 nitrogen and oxygen atoms in total. The Morgan fingerprint density at radius 2 is 1.82 bits per heavy atom. The van der Waals surface area contributed by atoms with Crippen molar-refractivity contribution in [3.8, 4) is 11.5 Å². The molecule has 2 aromatic carbocycles. The van der Waals surface area contributed by atoms with Crippen LogP contribution in [0.5, 0.6) is 11.5 Å². The van der Waals surface area contributed by atoms with Gasteiger partial charge in [0.25, 0.3) is 5.91 Å². The lowest BCUT2D eigenvalue weighted by atomic mass is 9.38. The van der Waals surface area contributed by atoms with Gasteiger partial charge in [-0.2, -0.15) is 0 Å². The number of hydrogen-bond acceptors (Lipinski definition) is 5. The van der Waals surface area contributed by atoms with Crippen molar-refractivity contribution in [2.24, 2.45) is 5.41 Å². The van der Waals surface area contributed by atoms with Gasteiger partial charge in [-0.05, 0) is 42.9 Å². The normalized spacial score (nSPS) is 28.6. The van der Waals surface area contributed by atoms with Crippen molar-refractivity contribution in [1.29, 1.82) is 0 Å². The monoisotopic (exact) mass is 511 g/mol. The maximum absolute atomic E-state index is 13.7. The molecule has 1 aliphatic heterocycles. The number of nitrogens with one attached hydrogen (secondary N) is 1. The first-order chi connectivity index (χ1) is 16.1. The molecule has 6 rings (SSSR count). The van der Waals surface area contributed by atoms with E-state index in [0.29, 0.717) is 19.3 Å². The van der Waals surface area contributed by atoms with Crippen molar-refractivity contribution >= 4 is 34.9 Å². The molecular formula is C24H21Cl2F2NO5. The topological polar surface area (TPSA) is 84.9 Å². The number of carbonyl (C=O) groups is 2. The number of carbonyl (C=O) groups excluding carboxylic acids is 2.